The van der Waals surface area contributed by atoms with E-state index in [0.29, 0.717) is 38.9 Å². The zero-order valence-corrected chi connectivity index (χ0v) is 23.7. The van der Waals surface area contributed by atoms with Gasteiger partial charge in [-0.15, -0.1) is 5.10 Å². The Morgan fingerprint density at radius 3 is 2.56 bits per heavy atom. The molecule has 11 nitrogen and oxygen atoms in total. The summed E-state index contributed by atoms with van der Waals surface area (Å²) >= 11 is 0. The fourth-order valence-corrected chi connectivity index (χ4v) is 7.14. The Morgan fingerprint density at radius 2 is 1.72 bits per heavy atom. The van der Waals surface area contributed by atoms with E-state index in [1.54, 1.807) is 19.4 Å². The van der Waals surface area contributed by atoms with Gasteiger partial charge in [0.05, 0.1) is 23.5 Å². The van der Waals surface area contributed by atoms with Crippen molar-refractivity contribution in [3.05, 3.63) is 78.9 Å². The highest BCUT2D eigenvalue weighted by Crippen LogP contribution is 2.53. The summed E-state index contributed by atoms with van der Waals surface area (Å²) < 4.78 is 8.42. The molecule has 0 saturated carbocycles. The number of aromatic nitrogens is 3. The first-order valence-corrected chi connectivity index (χ1v) is 14.9. The van der Waals surface area contributed by atoms with Crippen LogP contribution < -0.4 is 4.90 Å². The molecule has 1 aromatic heterocycles. The first kappa shape index (κ1) is 27.5. The van der Waals surface area contributed by atoms with Crippen LogP contribution in [0.15, 0.2) is 78.9 Å². The molecule has 0 aliphatic carbocycles. The Kier molecular flexibility index (Phi) is 7.06. The van der Waals surface area contributed by atoms with Crippen LogP contribution in [0.3, 0.4) is 0 Å². The van der Waals surface area contributed by atoms with Gasteiger partial charge in [0.2, 0.25) is 11.8 Å². The molecule has 4 aliphatic rings. The predicted molar refractivity (Wildman–Crippen MR) is 157 cm³/mol. The summed E-state index contributed by atoms with van der Waals surface area (Å²) in [5, 5.41) is 17.8. The van der Waals surface area contributed by atoms with E-state index < -0.39 is 29.6 Å². The quantitative estimate of drug-likeness (QED) is 0.319. The molecule has 0 radical (unpaired) electrons. The molecule has 0 bridgehead atoms. The first-order valence-electron chi connectivity index (χ1n) is 14.9. The molecule has 1 unspecified atom stereocenters. The Balaban J connectivity index is 1.25. The Morgan fingerprint density at radius 1 is 0.907 bits per heavy atom. The number of nitrogens with zero attached hydrogens (tertiary/aromatic N) is 6. The first-order chi connectivity index (χ1) is 21.0. The van der Waals surface area contributed by atoms with Gasteiger partial charge in [0.15, 0.2) is 0 Å². The summed E-state index contributed by atoms with van der Waals surface area (Å²) in [7, 11) is 0. The number of benzene rings is 2. The van der Waals surface area contributed by atoms with Crippen LogP contribution in [-0.2, 0) is 25.8 Å². The van der Waals surface area contributed by atoms with Crippen molar-refractivity contribution in [1.82, 2.24) is 24.8 Å². The molecule has 7 rings (SSSR count). The van der Waals surface area contributed by atoms with Gasteiger partial charge >= 0.3 is 0 Å². The average Bonchev–Trinajstić information content (AvgIpc) is 3.57. The third-order valence-electron chi connectivity index (χ3n) is 9.09. The maximum atomic E-state index is 14.5. The number of amides is 3. The summed E-state index contributed by atoms with van der Waals surface area (Å²) in [4.78, 5) is 48.1. The van der Waals surface area contributed by atoms with Crippen molar-refractivity contribution < 1.29 is 24.2 Å². The number of rotatable bonds is 8. The van der Waals surface area contributed by atoms with Gasteiger partial charge in [-0.1, -0.05) is 59.8 Å². The van der Waals surface area contributed by atoms with Gasteiger partial charge < -0.3 is 24.5 Å². The number of para-hydroxylation sites is 2. The van der Waals surface area contributed by atoms with E-state index in [1.807, 2.05) is 78.9 Å². The number of aliphatic hydroxyl groups is 1. The second kappa shape index (κ2) is 11.1. The van der Waals surface area contributed by atoms with E-state index in [0.717, 1.165) is 16.7 Å². The van der Waals surface area contributed by atoms with Crippen molar-refractivity contribution >= 4 is 34.4 Å². The largest absolute Gasteiger partial charge is 0.396 e. The monoisotopic (exact) mass is 582 g/mol. The number of unbranched alkanes of at least 4 members (excludes halogenated alkanes) is 2. The lowest BCUT2D eigenvalue weighted by molar-refractivity contribution is -0.148. The van der Waals surface area contributed by atoms with Gasteiger partial charge in [0.25, 0.3) is 5.91 Å². The van der Waals surface area contributed by atoms with Crippen molar-refractivity contribution in [3.8, 4) is 0 Å². The van der Waals surface area contributed by atoms with E-state index in [9.17, 15) is 19.5 Å². The molecule has 5 heterocycles. The summed E-state index contributed by atoms with van der Waals surface area (Å²) in [5.41, 5.74) is 0.987. The smallest absolute Gasteiger partial charge is 0.250 e. The average molecular weight is 583 g/mol. The van der Waals surface area contributed by atoms with Crippen LogP contribution in [0.2, 0.25) is 0 Å². The number of likely N-dealkylation sites (tertiary alicyclic amines) is 1. The van der Waals surface area contributed by atoms with E-state index in [-0.39, 0.29) is 31.0 Å². The SMILES string of the molecule is O=C1C2N(CCCCCO)C(=O)[C@@H]3[C@@H]4C(=O)N(c5ccccc5)CC=C[C@@H]4O[C@]23C=CCN1Cn1nnc2ccccc21. The number of aliphatic hydroxyl groups excluding tert-OH is 1. The Labute approximate surface area is 249 Å². The van der Waals surface area contributed by atoms with Crippen LogP contribution in [0.1, 0.15) is 19.3 Å². The topological polar surface area (TPSA) is 121 Å². The van der Waals surface area contributed by atoms with Crippen molar-refractivity contribution in [2.75, 3.05) is 31.1 Å². The highest BCUT2D eigenvalue weighted by Gasteiger charge is 2.71. The number of hydrogen-bond acceptors (Lipinski definition) is 7. The lowest BCUT2D eigenvalue weighted by Crippen LogP contribution is -2.55. The molecule has 3 aromatic rings. The third-order valence-corrected chi connectivity index (χ3v) is 9.09. The van der Waals surface area contributed by atoms with Gasteiger partial charge in [-0.3, -0.25) is 14.4 Å². The van der Waals surface area contributed by atoms with Crippen LogP contribution in [0.4, 0.5) is 5.69 Å². The normalized spacial score (nSPS) is 28.3. The van der Waals surface area contributed by atoms with E-state index in [4.69, 9.17) is 4.74 Å². The maximum Gasteiger partial charge on any atom is 0.250 e. The molecule has 4 aliphatic heterocycles. The minimum atomic E-state index is -1.29. The molecule has 43 heavy (non-hydrogen) atoms. The van der Waals surface area contributed by atoms with Crippen LogP contribution in [0.5, 0.6) is 0 Å². The summed E-state index contributed by atoms with van der Waals surface area (Å²) in [5.74, 6) is -2.32. The standard InChI is InChI=1S/C32H34N6O5/c39-20-8-2-7-18-37-28-31(42)35(21-38-24-14-6-5-13-23(24)33-34-38)17-10-16-32(28)27(30(37)41)26-25(43-32)15-9-19-36(29(26)40)22-11-3-1-4-12-22/h1,3-6,9-16,25-28,39H,2,7-8,17-21H2/t25-,26+,27-,28?,32-/m0/s1. The van der Waals surface area contributed by atoms with Crippen LogP contribution in [0, 0.1) is 11.8 Å². The van der Waals surface area contributed by atoms with Gasteiger partial charge in [0, 0.05) is 31.9 Å². The summed E-state index contributed by atoms with van der Waals surface area (Å²) in [6.45, 7) is 1.21. The predicted octanol–water partition coefficient (Wildman–Crippen LogP) is 2.13. The fraction of sp³-hybridized carbons (Fsp3) is 0.406. The molecular weight excluding hydrogens is 548 g/mol. The molecule has 2 fully saturated rings. The minimum Gasteiger partial charge on any atom is -0.396 e. The van der Waals surface area contributed by atoms with Crippen molar-refractivity contribution in [3.63, 3.8) is 0 Å². The van der Waals surface area contributed by atoms with Crippen LogP contribution in [0.25, 0.3) is 11.0 Å². The van der Waals surface area contributed by atoms with Crippen molar-refractivity contribution in [2.45, 2.75) is 43.7 Å². The number of ether oxygens (including phenoxy) is 1. The van der Waals surface area contributed by atoms with Crippen LogP contribution in [-0.4, -0.2) is 91.6 Å². The second-order valence-corrected chi connectivity index (χ2v) is 11.6. The van der Waals surface area contributed by atoms with E-state index in [1.165, 1.54) is 0 Å². The number of anilines is 1. The molecule has 2 aromatic carbocycles. The lowest BCUT2D eigenvalue weighted by Gasteiger charge is -2.35. The maximum absolute atomic E-state index is 14.5. The Bertz CT molecular complexity index is 1600. The molecule has 1 N–H and O–H groups in total. The fourth-order valence-electron chi connectivity index (χ4n) is 7.14. The molecule has 5 atom stereocenters. The van der Waals surface area contributed by atoms with Gasteiger partial charge in [0.1, 0.15) is 23.8 Å². The molecular formula is C32H34N6O5. The second-order valence-electron chi connectivity index (χ2n) is 11.6. The highest BCUT2D eigenvalue weighted by atomic mass is 16.5. The highest BCUT2D eigenvalue weighted by molar-refractivity contribution is 6.03. The van der Waals surface area contributed by atoms with Crippen molar-refractivity contribution in [1.29, 1.82) is 0 Å². The van der Waals surface area contributed by atoms with E-state index in [2.05, 4.69) is 10.3 Å². The summed E-state index contributed by atoms with van der Waals surface area (Å²) in [6, 6.07) is 16.0. The van der Waals surface area contributed by atoms with E-state index >= 15 is 0 Å². The number of fused-ring (bicyclic) bond motifs is 3. The third kappa shape index (κ3) is 4.45. The zero-order chi connectivity index (χ0) is 29.6. The van der Waals surface area contributed by atoms with Crippen LogP contribution >= 0.6 is 0 Å². The molecule has 3 amide bonds. The molecule has 222 valence electrons. The molecule has 2 saturated heterocycles. The van der Waals surface area contributed by atoms with Gasteiger partial charge in [-0.2, -0.15) is 0 Å². The summed E-state index contributed by atoms with van der Waals surface area (Å²) in [6.07, 6.45) is 8.80. The van der Waals surface area contributed by atoms with Gasteiger partial charge in [-0.25, -0.2) is 4.68 Å². The minimum absolute atomic E-state index is 0.0638. The number of hydrogen-bond donors (Lipinski definition) is 1. The number of carbonyl (C=O) groups excluding carboxylic acids is 3. The number of carbonyl (C=O) groups is 3. The molecule has 1 spiro atoms. The van der Waals surface area contributed by atoms with Crippen molar-refractivity contribution in [2.24, 2.45) is 11.8 Å². The lowest BCUT2D eigenvalue weighted by atomic mass is 9.77. The molecule has 11 heteroatoms. The Hall–Kier alpha value is -4.35. The zero-order valence-electron chi connectivity index (χ0n) is 23.7. The van der Waals surface area contributed by atoms with Gasteiger partial charge in [-0.05, 0) is 43.5 Å².